The minimum atomic E-state index is 0.420. The number of methoxy groups -OCH3 is 1. The molecule has 1 aliphatic carbocycles. The fourth-order valence-corrected chi connectivity index (χ4v) is 4.58. The lowest BCUT2D eigenvalue weighted by molar-refractivity contribution is 0.0876. The van der Waals surface area contributed by atoms with E-state index >= 15 is 0 Å². The fourth-order valence-electron chi connectivity index (χ4n) is 4.58. The van der Waals surface area contributed by atoms with Gasteiger partial charge in [-0.25, -0.2) is 0 Å². The summed E-state index contributed by atoms with van der Waals surface area (Å²) in [5.74, 6) is 1.87. The third kappa shape index (κ3) is 7.52. The number of hydrogen-bond acceptors (Lipinski definition) is 1. The molecule has 1 saturated carbocycles. The molecule has 1 aromatic carbocycles. The van der Waals surface area contributed by atoms with E-state index in [1.807, 2.05) is 7.11 Å². The molecule has 1 heteroatoms. The SMILES string of the molecule is CCCC(CCc1ccccc1CCC(C)CC1CCCCC1)OC. The highest BCUT2D eigenvalue weighted by Crippen LogP contribution is 2.30. The number of aryl methyl sites for hydroxylation is 2. The predicted octanol–water partition coefficient (Wildman–Crippen LogP) is 6.97. The van der Waals surface area contributed by atoms with E-state index < -0.39 is 0 Å². The van der Waals surface area contributed by atoms with Crippen molar-refractivity contribution in [3.8, 4) is 0 Å². The van der Waals surface area contributed by atoms with Crippen LogP contribution >= 0.6 is 0 Å². The van der Waals surface area contributed by atoms with Crippen molar-refractivity contribution in [3.63, 3.8) is 0 Å². The summed E-state index contributed by atoms with van der Waals surface area (Å²) in [5.41, 5.74) is 3.12. The van der Waals surface area contributed by atoms with Crippen molar-refractivity contribution in [2.75, 3.05) is 7.11 Å². The van der Waals surface area contributed by atoms with Crippen LogP contribution in [0, 0.1) is 11.8 Å². The van der Waals surface area contributed by atoms with Crippen LogP contribution in [0.4, 0.5) is 0 Å². The highest BCUT2D eigenvalue weighted by Gasteiger charge is 2.17. The summed E-state index contributed by atoms with van der Waals surface area (Å²) in [6.07, 6.45) is 16.5. The highest BCUT2D eigenvalue weighted by atomic mass is 16.5. The van der Waals surface area contributed by atoms with Crippen molar-refractivity contribution in [1.29, 1.82) is 0 Å². The van der Waals surface area contributed by atoms with Crippen molar-refractivity contribution >= 4 is 0 Å². The van der Waals surface area contributed by atoms with Crippen LogP contribution in [0.25, 0.3) is 0 Å². The Bertz CT molecular complexity index is 461. The molecule has 0 bridgehead atoms. The van der Waals surface area contributed by atoms with Crippen molar-refractivity contribution in [1.82, 2.24) is 0 Å². The number of ether oxygens (including phenoxy) is 1. The molecule has 2 unspecified atom stereocenters. The molecular formula is C24H40O. The lowest BCUT2D eigenvalue weighted by atomic mass is 9.81. The van der Waals surface area contributed by atoms with Gasteiger partial charge in [-0.2, -0.15) is 0 Å². The van der Waals surface area contributed by atoms with Gasteiger partial charge in [0.15, 0.2) is 0 Å². The normalized spacial score (nSPS) is 18.2. The fraction of sp³-hybridized carbons (Fsp3) is 0.750. The molecule has 1 fully saturated rings. The summed E-state index contributed by atoms with van der Waals surface area (Å²) >= 11 is 0. The van der Waals surface area contributed by atoms with Gasteiger partial charge < -0.3 is 4.74 Å². The zero-order chi connectivity index (χ0) is 17.9. The molecular weight excluding hydrogens is 304 g/mol. The molecule has 0 heterocycles. The molecule has 0 spiro atoms. The molecule has 0 saturated heterocycles. The molecule has 142 valence electrons. The van der Waals surface area contributed by atoms with Crippen LogP contribution in [0.5, 0.6) is 0 Å². The number of rotatable bonds is 11. The molecule has 2 atom stereocenters. The van der Waals surface area contributed by atoms with E-state index in [1.54, 1.807) is 11.1 Å². The van der Waals surface area contributed by atoms with E-state index in [9.17, 15) is 0 Å². The van der Waals surface area contributed by atoms with Crippen molar-refractivity contribution < 1.29 is 4.74 Å². The van der Waals surface area contributed by atoms with Crippen LogP contribution in [-0.2, 0) is 17.6 Å². The maximum atomic E-state index is 5.64. The third-order valence-corrected chi connectivity index (χ3v) is 6.16. The number of benzene rings is 1. The summed E-state index contributed by atoms with van der Waals surface area (Å²) in [7, 11) is 1.86. The first-order chi connectivity index (χ1) is 12.2. The monoisotopic (exact) mass is 344 g/mol. The Morgan fingerprint density at radius 3 is 2.20 bits per heavy atom. The van der Waals surface area contributed by atoms with Gasteiger partial charge in [0, 0.05) is 7.11 Å². The van der Waals surface area contributed by atoms with Crippen molar-refractivity contribution in [2.24, 2.45) is 11.8 Å². The first-order valence-electron chi connectivity index (χ1n) is 10.8. The van der Waals surface area contributed by atoms with Gasteiger partial charge in [0.25, 0.3) is 0 Å². The summed E-state index contributed by atoms with van der Waals surface area (Å²) in [6.45, 7) is 4.72. The van der Waals surface area contributed by atoms with E-state index in [2.05, 4.69) is 38.1 Å². The van der Waals surface area contributed by atoms with E-state index in [0.717, 1.165) is 24.7 Å². The lowest BCUT2D eigenvalue weighted by Gasteiger charge is -2.25. The van der Waals surface area contributed by atoms with Crippen LogP contribution in [-0.4, -0.2) is 13.2 Å². The summed E-state index contributed by atoms with van der Waals surface area (Å²) < 4.78 is 5.64. The van der Waals surface area contributed by atoms with Crippen molar-refractivity contribution in [2.45, 2.75) is 97.0 Å². The van der Waals surface area contributed by atoms with Gasteiger partial charge >= 0.3 is 0 Å². The van der Waals surface area contributed by atoms with Gasteiger partial charge in [0.2, 0.25) is 0 Å². The molecule has 0 aliphatic heterocycles. The standard InChI is InChI=1S/C24H40O/c1-4-10-24(25-3)18-17-23-14-9-8-13-22(23)16-15-20(2)19-21-11-6-5-7-12-21/h8-9,13-14,20-21,24H,4-7,10-12,15-19H2,1-3H3. The van der Waals surface area contributed by atoms with Gasteiger partial charge in [-0.1, -0.05) is 76.6 Å². The quantitative estimate of drug-likeness (QED) is 0.421. The lowest BCUT2D eigenvalue weighted by Crippen LogP contribution is -2.12. The Morgan fingerprint density at radius 2 is 1.60 bits per heavy atom. The number of hydrogen-bond donors (Lipinski definition) is 0. The molecule has 1 nitrogen and oxygen atoms in total. The maximum Gasteiger partial charge on any atom is 0.0574 e. The molecule has 2 rings (SSSR count). The third-order valence-electron chi connectivity index (χ3n) is 6.16. The van der Waals surface area contributed by atoms with E-state index in [4.69, 9.17) is 4.74 Å². The van der Waals surface area contributed by atoms with Crippen LogP contribution in [0.3, 0.4) is 0 Å². The maximum absolute atomic E-state index is 5.64. The molecule has 1 aromatic rings. The smallest absolute Gasteiger partial charge is 0.0574 e. The molecule has 0 radical (unpaired) electrons. The predicted molar refractivity (Wildman–Crippen MR) is 109 cm³/mol. The van der Waals surface area contributed by atoms with Gasteiger partial charge in [-0.05, 0) is 61.5 Å². The average molecular weight is 345 g/mol. The Kier molecular flexibility index (Phi) is 9.61. The second kappa shape index (κ2) is 11.7. The summed E-state index contributed by atoms with van der Waals surface area (Å²) in [5, 5.41) is 0. The van der Waals surface area contributed by atoms with Gasteiger partial charge in [0.05, 0.1) is 6.10 Å². The largest absolute Gasteiger partial charge is 0.381 e. The second-order valence-electron chi connectivity index (χ2n) is 8.34. The average Bonchev–Trinajstić information content (AvgIpc) is 2.65. The molecule has 0 amide bonds. The van der Waals surface area contributed by atoms with Crippen LogP contribution < -0.4 is 0 Å². The van der Waals surface area contributed by atoms with E-state index in [-0.39, 0.29) is 0 Å². The molecule has 1 aliphatic rings. The summed E-state index contributed by atoms with van der Waals surface area (Å²) in [6, 6.07) is 9.10. The van der Waals surface area contributed by atoms with Crippen LogP contribution in [0.15, 0.2) is 24.3 Å². The Morgan fingerprint density at radius 1 is 0.960 bits per heavy atom. The zero-order valence-electron chi connectivity index (χ0n) is 16.9. The minimum Gasteiger partial charge on any atom is -0.381 e. The minimum absolute atomic E-state index is 0.420. The van der Waals surface area contributed by atoms with Crippen LogP contribution in [0.1, 0.15) is 89.2 Å². The highest BCUT2D eigenvalue weighted by molar-refractivity contribution is 5.27. The molecule has 0 N–H and O–H groups in total. The first-order valence-corrected chi connectivity index (χ1v) is 10.8. The van der Waals surface area contributed by atoms with Crippen LogP contribution in [0.2, 0.25) is 0 Å². The van der Waals surface area contributed by atoms with E-state index in [0.29, 0.717) is 6.10 Å². The first kappa shape index (κ1) is 20.5. The topological polar surface area (TPSA) is 9.23 Å². The Hall–Kier alpha value is -0.820. The molecule has 25 heavy (non-hydrogen) atoms. The van der Waals surface area contributed by atoms with Gasteiger partial charge in [-0.15, -0.1) is 0 Å². The van der Waals surface area contributed by atoms with Gasteiger partial charge in [-0.3, -0.25) is 0 Å². The zero-order valence-corrected chi connectivity index (χ0v) is 16.9. The Balaban J connectivity index is 1.80. The summed E-state index contributed by atoms with van der Waals surface area (Å²) in [4.78, 5) is 0. The van der Waals surface area contributed by atoms with Crippen molar-refractivity contribution in [3.05, 3.63) is 35.4 Å². The van der Waals surface area contributed by atoms with E-state index in [1.165, 1.54) is 64.2 Å². The van der Waals surface area contributed by atoms with Gasteiger partial charge in [0.1, 0.15) is 0 Å². The molecule has 0 aromatic heterocycles. The second-order valence-corrected chi connectivity index (χ2v) is 8.34. The Labute approximate surface area is 156 Å².